The molecule has 3 heteroatoms. The first-order valence-corrected chi connectivity index (χ1v) is 3.65. The van der Waals surface area contributed by atoms with Gasteiger partial charge in [0.15, 0.2) is 11.6 Å². The monoisotopic (exact) mass is 368 g/mol. The van der Waals surface area contributed by atoms with Crippen molar-refractivity contribution in [1.82, 2.24) is 0 Å². The van der Waals surface area contributed by atoms with Crippen LogP contribution in [0.3, 0.4) is 0 Å². The van der Waals surface area contributed by atoms with E-state index >= 15 is 0 Å². The number of fused-ring (bicyclic) bond motifs is 1. The summed E-state index contributed by atoms with van der Waals surface area (Å²) in [5, 5.41) is 0. The topological polar surface area (TPSA) is 34.1 Å². The summed E-state index contributed by atoms with van der Waals surface area (Å²) >= 11 is 0. The van der Waals surface area contributed by atoms with Gasteiger partial charge >= 0.3 is 27.3 Å². The average Bonchev–Trinajstić information content (AvgIpc) is 2.12. The van der Waals surface area contributed by atoms with Gasteiger partial charge in [-0.05, 0) is 12.2 Å². The van der Waals surface area contributed by atoms with E-state index in [1.807, 2.05) is 0 Å². The summed E-state index contributed by atoms with van der Waals surface area (Å²) in [5.74, 6) is -0.185. The molecular weight excluding hydrogens is 359 g/mol. The zero-order valence-electron chi connectivity index (χ0n) is 6.99. The van der Waals surface area contributed by atoms with Gasteiger partial charge in [0.25, 0.3) is 0 Å². The number of carbonyl (C=O) groups excluding carboxylic acids is 2. The van der Waals surface area contributed by atoms with Crippen molar-refractivity contribution in [1.29, 1.82) is 0 Å². The molecule has 1 aromatic rings. The maximum atomic E-state index is 11.2. The van der Waals surface area contributed by atoms with Gasteiger partial charge in [-0.15, -0.1) is 0 Å². The van der Waals surface area contributed by atoms with Crippen molar-refractivity contribution in [3.05, 3.63) is 47.5 Å². The number of benzene rings is 1. The third-order valence-corrected chi connectivity index (χ3v) is 1.84. The van der Waals surface area contributed by atoms with Crippen LogP contribution in [0.5, 0.6) is 0 Å². The van der Waals surface area contributed by atoms with Crippen LogP contribution in [0.15, 0.2) is 36.4 Å². The Labute approximate surface area is 95.8 Å². The van der Waals surface area contributed by atoms with Gasteiger partial charge in [0.1, 0.15) is 0 Å². The Morgan fingerprint density at radius 1 is 0.769 bits per heavy atom. The Hall–Kier alpha value is -0.778. The zero-order chi connectivity index (χ0) is 8.55. The molecule has 1 aliphatic rings. The predicted molar refractivity (Wildman–Crippen MR) is 52.8 cm³/mol. The molecule has 0 amide bonds. The summed E-state index contributed by atoms with van der Waals surface area (Å²) in [7, 11) is 0. The van der Waals surface area contributed by atoms with Crippen LogP contribution in [-0.2, 0) is 0 Å². The minimum atomic E-state index is -0.0924. The Morgan fingerprint density at radius 3 is 1.54 bits per heavy atom. The van der Waals surface area contributed by atoms with Crippen molar-refractivity contribution in [3.8, 4) is 0 Å². The SMILES string of the molecule is O=C1C=CC(=O)c2ccccc21.[PbH2]. The third kappa shape index (κ3) is 1.77. The number of allylic oxidation sites excluding steroid dienone is 2. The van der Waals surface area contributed by atoms with Crippen LogP contribution in [0, 0.1) is 0 Å². The van der Waals surface area contributed by atoms with Gasteiger partial charge in [0.05, 0.1) is 0 Å². The molecule has 0 saturated carbocycles. The van der Waals surface area contributed by atoms with Crippen LogP contribution in [0.4, 0.5) is 0 Å². The Balaban J connectivity index is 0.000000845. The summed E-state index contributed by atoms with van der Waals surface area (Å²) in [5.41, 5.74) is 1.01. The van der Waals surface area contributed by atoms with Crippen molar-refractivity contribution in [2.75, 3.05) is 0 Å². The first kappa shape index (κ1) is 10.3. The fraction of sp³-hybridized carbons (Fsp3) is 0. The number of carbonyl (C=O) groups is 2. The summed E-state index contributed by atoms with van der Waals surface area (Å²) < 4.78 is 0. The van der Waals surface area contributed by atoms with Crippen LogP contribution in [0.1, 0.15) is 20.7 Å². The zero-order valence-corrected chi connectivity index (χ0v) is 12.5. The fourth-order valence-corrected chi connectivity index (χ4v) is 1.24. The number of ketones is 2. The Bertz CT molecular complexity index is 357. The molecule has 0 bridgehead atoms. The maximum absolute atomic E-state index is 11.2. The van der Waals surface area contributed by atoms with E-state index in [0.717, 1.165) is 0 Å². The average molecular weight is 367 g/mol. The van der Waals surface area contributed by atoms with E-state index < -0.39 is 0 Å². The molecule has 1 aliphatic carbocycles. The first-order valence-electron chi connectivity index (χ1n) is 3.65. The molecule has 2 rings (SSSR count). The number of rotatable bonds is 0. The van der Waals surface area contributed by atoms with Gasteiger partial charge in [-0.2, -0.15) is 0 Å². The Morgan fingerprint density at radius 2 is 1.15 bits per heavy atom. The molecule has 13 heavy (non-hydrogen) atoms. The van der Waals surface area contributed by atoms with Crippen LogP contribution in [0.2, 0.25) is 0 Å². The molecule has 0 spiro atoms. The minimum absolute atomic E-state index is 0. The first-order chi connectivity index (χ1) is 5.79. The Kier molecular flexibility index (Phi) is 3.13. The summed E-state index contributed by atoms with van der Waals surface area (Å²) in [4.78, 5) is 22.4. The molecule has 0 saturated heterocycles. The van der Waals surface area contributed by atoms with E-state index in [-0.39, 0.29) is 38.9 Å². The van der Waals surface area contributed by atoms with E-state index in [2.05, 4.69) is 0 Å². The summed E-state index contributed by atoms with van der Waals surface area (Å²) in [6.07, 6.45) is 2.62. The van der Waals surface area contributed by atoms with Crippen molar-refractivity contribution >= 4 is 38.9 Å². The summed E-state index contributed by atoms with van der Waals surface area (Å²) in [6.45, 7) is 0. The molecule has 0 heterocycles. The van der Waals surface area contributed by atoms with Crippen molar-refractivity contribution < 1.29 is 9.59 Å². The quantitative estimate of drug-likeness (QED) is 0.633. The van der Waals surface area contributed by atoms with Crippen LogP contribution in [-0.4, -0.2) is 38.9 Å². The summed E-state index contributed by atoms with van der Waals surface area (Å²) in [6, 6.07) is 6.84. The van der Waals surface area contributed by atoms with E-state index in [0.29, 0.717) is 11.1 Å². The van der Waals surface area contributed by atoms with Crippen molar-refractivity contribution in [2.24, 2.45) is 0 Å². The van der Waals surface area contributed by atoms with Crippen LogP contribution in [0.25, 0.3) is 0 Å². The molecule has 0 fully saturated rings. The van der Waals surface area contributed by atoms with Gasteiger partial charge in [-0.25, -0.2) is 0 Å². The van der Waals surface area contributed by atoms with Gasteiger partial charge in [0, 0.05) is 11.1 Å². The normalized spacial score (nSPS) is 13.5. The molecule has 1 aromatic carbocycles. The van der Waals surface area contributed by atoms with Crippen LogP contribution < -0.4 is 0 Å². The number of hydrogen-bond acceptors (Lipinski definition) is 2. The molecule has 0 N–H and O–H groups in total. The second-order valence-corrected chi connectivity index (χ2v) is 2.61. The molecular formula is C10H8O2Pb. The fourth-order valence-electron chi connectivity index (χ4n) is 1.24. The molecule has 0 aliphatic heterocycles. The van der Waals surface area contributed by atoms with E-state index in [4.69, 9.17) is 0 Å². The molecule has 2 nitrogen and oxygen atoms in total. The van der Waals surface area contributed by atoms with E-state index in [9.17, 15) is 9.59 Å². The van der Waals surface area contributed by atoms with Gasteiger partial charge < -0.3 is 0 Å². The van der Waals surface area contributed by atoms with Gasteiger partial charge in [0.2, 0.25) is 0 Å². The second kappa shape index (κ2) is 3.95. The standard InChI is InChI=1S/C10H6O2.Pb.2H/c11-9-5-6-10(12)8-4-2-1-3-7(8)9;;;/h1-6H;;;. The number of hydrogen-bond donors (Lipinski definition) is 0. The molecule has 0 aromatic heterocycles. The molecule has 0 atom stereocenters. The molecule has 64 valence electrons. The third-order valence-electron chi connectivity index (χ3n) is 1.84. The second-order valence-electron chi connectivity index (χ2n) is 2.61. The molecule has 2 radical (unpaired) electrons. The van der Waals surface area contributed by atoms with Crippen molar-refractivity contribution in [3.63, 3.8) is 0 Å². The van der Waals surface area contributed by atoms with Crippen LogP contribution >= 0.6 is 0 Å². The van der Waals surface area contributed by atoms with Gasteiger partial charge in [-0.3, -0.25) is 9.59 Å². The predicted octanol–water partition coefficient (Wildman–Crippen LogP) is 0.706. The van der Waals surface area contributed by atoms with Crippen molar-refractivity contribution in [2.45, 2.75) is 0 Å². The van der Waals surface area contributed by atoms with E-state index in [1.165, 1.54) is 12.2 Å². The van der Waals surface area contributed by atoms with E-state index in [1.54, 1.807) is 24.3 Å². The van der Waals surface area contributed by atoms with Gasteiger partial charge in [-0.1, -0.05) is 24.3 Å². The molecule has 0 unspecified atom stereocenters.